The molecule has 0 spiro atoms. The van der Waals surface area contributed by atoms with Crippen molar-refractivity contribution >= 4 is 5.97 Å². The van der Waals surface area contributed by atoms with E-state index in [1.807, 2.05) is 0 Å². The first-order chi connectivity index (χ1) is 7.56. The van der Waals surface area contributed by atoms with Crippen LogP contribution < -0.4 is 9.47 Å². The molecule has 5 heteroatoms. The standard InChI is InChI=1S/C11H14O5/c1-6-7(11(13)16-4)5-8(12)10(15-3)9(6)14-2/h5,12H,1-4H3. The lowest BCUT2D eigenvalue weighted by molar-refractivity contribution is 0.0599. The zero-order valence-electron chi connectivity index (χ0n) is 9.66. The first-order valence-electron chi connectivity index (χ1n) is 4.59. The number of esters is 1. The quantitative estimate of drug-likeness (QED) is 0.791. The van der Waals surface area contributed by atoms with E-state index < -0.39 is 5.97 Å². The largest absolute Gasteiger partial charge is 0.504 e. The van der Waals surface area contributed by atoms with Crippen LogP contribution in [0.2, 0.25) is 0 Å². The molecule has 88 valence electrons. The second kappa shape index (κ2) is 4.74. The molecule has 0 saturated heterocycles. The van der Waals surface area contributed by atoms with E-state index in [9.17, 15) is 9.90 Å². The second-order valence-corrected chi connectivity index (χ2v) is 3.13. The summed E-state index contributed by atoms with van der Waals surface area (Å²) < 4.78 is 14.7. The average molecular weight is 226 g/mol. The highest BCUT2D eigenvalue weighted by Crippen LogP contribution is 2.40. The second-order valence-electron chi connectivity index (χ2n) is 3.13. The fourth-order valence-corrected chi connectivity index (χ4v) is 1.48. The van der Waals surface area contributed by atoms with Crippen LogP contribution in [0.25, 0.3) is 0 Å². The molecule has 0 heterocycles. The van der Waals surface area contributed by atoms with Gasteiger partial charge in [0.2, 0.25) is 5.75 Å². The van der Waals surface area contributed by atoms with Gasteiger partial charge in [0.25, 0.3) is 0 Å². The highest BCUT2D eigenvalue weighted by Gasteiger charge is 2.20. The molecule has 0 radical (unpaired) electrons. The molecule has 5 nitrogen and oxygen atoms in total. The molecular formula is C11H14O5. The van der Waals surface area contributed by atoms with Crippen LogP contribution in [0.4, 0.5) is 0 Å². The Labute approximate surface area is 93.6 Å². The fourth-order valence-electron chi connectivity index (χ4n) is 1.48. The van der Waals surface area contributed by atoms with Gasteiger partial charge in [-0.1, -0.05) is 0 Å². The molecule has 0 aliphatic carbocycles. The summed E-state index contributed by atoms with van der Waals surface area (Å²) >= 11 is 0. The highest BCUT2D eigenvalue weighted by atomic mass is 16.5. The molecule has 0 fully saturated rings. The molecule has 1 aromatic rings. The Morgan fingerprint density at radius 3 is 2.19 bits per heavy atom. The SMILES string of the molecule is COC(=O)c1cc(O)c(OC)c(OC)c1C. The minimum atomic E-state index is -0.534. The molecule has 0 unspecified atom stereocenters. The van der Waals surface area contributed by atoms with Gasteiger partial charge in [-0.3, -0.25) is 0 Å². The van der Waals surface area contributed by atoms with Crippen LogP contribution in [0.5, 0.6) is 17.2 Å². The molecule has 0 aromatic heterocycles. The molecule has 0 bridgehead atoms. The Morgan fingerprint density at radius 1 is 1.19 bits per heavy atom. The number of phenols is 1. The number of ether oxygens (including phenoxy) is 3. The van der Waals surface area contributed by atoms with Crippen molar-refractivity contribution in [3.05, 3.63) is 17.2 Å². The van der Waals surface area contributed by atoms with E-state index in [1.165, 1.54) is 27.4 Å². The number of rotatable bonds is 3. The van der Waals surface area contributed by atoms with Crippen molar-refractivity contribution in [2.24, 2.45) is 0 Å². The summed E-state index contributed by atoms with van der Waals surface area (Å²) in [5.41, 5.74) is 0.807. The average Bonchev–Trinajstić information content (AvgIpc) is 2.29. The Hall–Kier alpha value is -1.91. The topological polar surface area (TPSA) is 65.0 Å². The van der Waals surface area contributed by atoms with Crippen LogP contribution in [0.1, 0.15) is 15.9 Å². The van der Waals surface area contributed by atoms with Crippen molar-refractivity contribution < 1.29 is 24.1 Å². The van der Waals surface area contributed by atoms with Gasteiger partial charge in [-0.25, -0.2) is 4.79 Å². The minimum absolute atomic E-state index is 0.162. The zero-order chi connectivity index (χ0) is 12.3. The van der Waals surface area contributed by atoms with Gasteiger partial charge in [-0.2, -0.15) is 0 Å². The van der Waals surface area contributed by atoms with Crippen molar-refractivity contribution in [1.82, 2.24) is 0 Å². The number of aromatic hydroxyl groups is 1. The zero-order valence-corrected chi connectivity index (χ0v) is 9.66. The lowest BCUT2D eigenvalue weighted by Crippen LogP contribution is -2.06. The maximum Gasteiger partial charge on any atom is 0.338 e. The third-order valence-corrected chi connectivity index (χ3v) is 2.28. The normalized spacial score (nSPS) is 9.75. The van der Waals surface area contributed by atoms with Gasteiger partial charge in [-0.15, -0.1) is 0 Å². The monoisotopic (exact) mass is 226 g/mol. The summed E-state index contributed by atoms with van der Waals surface area (Å²) in [6, 6.07) is 1.29. The number of methoxy groups -OCH3 is 3. The first-order valence-corrected chi connectivity index (χ1v) is 4.59. The van der Waals surface area contributed by atoms with E-state index in [1.54, 1.807) is 6.92 Å². The number of phenolic OH excluding ortho intramolecular Hbond substituents is 1. The molecule has 0 atom stereocenters. The van der Waals surface area contributed by atoms with Gasteiger partial charge in [0.1, 0.15) is 0 Å². The maximum atomic E-state index is 11.4. The molecule has 0 aliphatic rings. The molecule has 0 aliphatic heterocycles. The Kier molecular flexibility index (Phi) is 3.60. The summed E-state index contributed by atoms with van der Waals surface area (Å²) in [4.78, 5) is 11.4. The van der Waals surface area contributed by atoms with E-state index in [2.05, 4.69) is 4.74 Å². The predicted molar refractivity (Wildman–Crippen MR) is 57.3 cm³/mol. The number of hydrogen-bond acceptors (Lipinski definition) is 5. The van der Waals surface area contributed by atoms with Crippen LogP contribution in [0, 0.1) is 6.92 Å². The molecule has 0 saturated carbocycles. The van der Waals surface area contributed by atoms with Crippen molar-refractivity contribution in [2.45, 2.75) is 6.92 Å². The van der Waals surface area contributed by atoms with Gasteiger partial charge in [0.15, 0.2) is 11.5 Å². The first kappa shape index (κ1) is 12.2. The summed E-state index contributed by atoms with van der Waals surface area (Å²) in [7, 11) is 4.12. The summed E-state index contributed by atoms with van der Waals surface area (Å²) in [6.45, 7) is 1.69. The molecular weight excluding hydrogens is 212 g/mol. The highest BCUT2D eigenvalue weighted by molar-refractivity contribution is 5.93. The van der Waals surface area contributed by atoms with E-state index in [0.717, 1.165) is 0 Å². The van der Waals surface area contributed by atoms with Crippen LogP contribution in [-0.4, -0.2) is 32.4 Å². The molecule has 1 rings (SSSR count). The summed E-state index contributed by atoms with van der Waals surface area (Å²) in [6.07, 6.45) is 0. The smallest absolute Gasteiger partial charge is 0.338 e. The maximum absolute atomic E-state index is 11.4. The predicted octanol–water partition coefficient (Wildman–Crippen LogP) is 1.50. The number of carbonyl (C=O) groups is 1. The molecule has 1 N–H and O–H groups in total. The Balaban J connectivity index is 3.45. The van der Waals surface area contributed by atoms with Crippen LogP contribution in [-0.2, 0) is 4.74 Å². The van der Waals surface area contributed by atoms with Crippen LogP contribution >= 0.6 is 0 Å². The number of carbonyl (C=O) groups excluding carboxylic acids is 1. The van der Waals surface area contributed by atoms with Gasteiger partial charge in [0, 0.05) is 5.56 Å². The lowest BCUT2D eigenvalue weighted by Gasteiger charge is -2.14. The Morgan fingerprint density at radius 2 is 1.75 bits per heavy atom. The van der Waals surface area contributed by atoms with E-state index in [4.69, 9.17) is 9.47 Å². The minimum Gasteiger partial charge on any atom is -0.504 e. The number of benzene rings is 1. The van der Waals surface area contributed by atoms with Crippen molar-refractivity contribution in [3.8, 4) is 17.2 Å². The van der Waals surface area contributed by atoms with Gasteiger partial charge >= 0.3 is 5.97 Å². The fraction of sp³-hybridized carbons (Fsp3) is 0.364. The lowest BCUT2D eigenvalue weighted by atomic mass is 10.1. The van der Waals surface area contributed by atoms with Crippen LogP contribution in [0.15, 0.2) is 6.07 Å². The van der Waals surface area contributed by atoms with Crippen molar-refractivity contribution in [1.29, 1.82) is 0 Å². The molecule has 16 heavy (non-hydrogen) atoms. The van der Waals surface area contributed by atoms with E-state index >= 15 is 0 Å². The summed E-state index contributed by atoms with van der Waals surface area (Å²) in [5, 5.41) is 9.66. The van der Waals surface area contributed by atoms with Gasteiger partial charge < -0.3 is 19.3 Å². The van der Waals surface area contributed by atoms with E-state index in [-0.39, 0.29) is 17.1 Å². The number of hydrogen-bond donors (Lipinski definition) is 1. The molecule has 0 amide bonds. The van der Waals surface area contributed by atoms with Crippen molar-refractivity contribution in [3.63, 3.8) is 0 Å². The van der Waals surface area contributed by atoms with E-state index in [0.29, 0.717) is 11.3 Å². The van der Waals surface area contributed by atoms with Crippen LogP contribution in [0.3, 0.4) is 0 Å². The van der Waals surface area contributed by atoms with Crippen molar-refractivity contribution in [2.75, 3.05) is 21.3 Å². The molecule has 1 aromatic carbocycles. The van der Waals surface area contributed by atoms with Gasteiger partial charge in [-0.05, 0) is 13.0 Å². The summed E-state index contributed by atoms with van der Waals surface area (Å²) in [5.74, 6) is -0.172. The Bertz CT molecular complexity index is 411. The third kappa shape index (κ3) is 1.88. The van der Waals surface area contributed by atoms with Gasteiger partial charge in [0.05, 0.1) is 26.9 Å². The third-order valence-electron chi connectivity index (χ3n) is 2.28.